The summed E-state index contributed by atoms with van der Waals surface area (Å²) in [6.07, 6.45) is 0.297. The minimum Gasteiger partial charge on any atom is -0.320 e. The molecular formula is C21H19F3N4OS. The lowest BCUT2D eigenvalue weighted by Gasteiger charge is -2.12. The predicted molar refractivity (Wildman–Crippen MR) is 109 cm³/mol. The van der Waals surface area contributed by atoms with E-state index >= 15 is 0 Å². The number of nitrogens with zero attached hydrogens (tertiary/aromatic N) is 3. The Kier molecular flexibility index (Phi) is 5.55. The number of benzene rings is 1. The predicted octanol–water partition coefficient (Wildman–Crippen LogP) is 5.53. The van der Waals surface area contributed by atoms with Gasteiger partial charge >= 0.3 is 6.18 Å². The number of aromatic nitrogens is 3. The molecule has 1 aliphatic rings. The van der Waals surface area contributed by atoms with Crippen LogP contribution in [-0.4, -0.2) is 26.4 Å². The van der Waals surface area contributed by atoms with Gasteiger partial charge in [0.25, 0.3) is 5.91 Å². The fourth-order valence-electron chi connectivity index (χ4n) is 3.19. The third kappa shape index (κ3) is 4.35. The van der Waals surface area contributed by atoms with E-state index in [0.717, 1.165) is 35.8 Å². The van der Waals surface area contributed by atoms with Crippen molar-refractivity contribution >= 4 is 23.4 Å². The molecule has 2 aromatic heterocycles. The van der Waals surface area contributed by atoms with Crippen molar-refractivity contribution in [3.05, 3.63) is 65.6 Å². The highest BCUT2D eigenvalue weighted by molar-refractivity contribution is 7.99. The van der Waals surface area contributed by atoms with Crippen LogP contribution in [0.4, 0.5) is 18.9 Å². The molecule has 0 atom stereocenters. The number of rotatable bonds is 6. The quantitative estimate of drug-likeness (QED) is 0.521. The number of nitrogens with one attached hydrogen (secondary N) is 1. The lowest BCUT2D eigenvalue weighted by atomic mass is 10.1. The van der Waals surface area contributed by atoms with Gasteiger partial charge in [0.05, 0.1) is 45.6 Å². The zero-order valence-electron chi connectivity index (χ0n) is 16.1. The number of carbonyl (C=O) groups is 1. The van der Waals surface area contributed by atoms with Crippen molar-refractivity contribution < 1.29 is 18.0 Å². The number of hydrogen-bond acceptors (Lipinski definition) is 4. The SMILES string of the molecule is CCSc1ccc(NC(=O)c2cnn(-c3cccc(C(F)(F)F)c3)c2C2CC2)cn1. The van der Waals surface area contributed by atoms with E-state index in [-0.39, 0.29) is 17.5 Å². The Morgan fingerprint density at radius 2 is 2.03 bits per heavy atom. The van der Waals surface area contributed by atoms with Crippen LogP contribution in [0.15, 0.2) is 53.8 Å². The van der Waals surface area contributed by atoms with Crippen molar-refractivity contribution in [1.29, 1.82) is 0 Å². The second-order valence-electron chi connectivity index (χ2n) is 6.95. The lowest BCUT2D eigenvalue weighted by molar-refractivity contribution is -0.137. The number of carbonyl (C=O) groups excluding carboxylic acids is 1. The molecule has 30 heavy (non-hydrogen) atoms. The van der Waals surface area contributed by atoms with Crippen LogP contribution >= 0.6 is 11.8 Å². The van der Waals surface area contributed by atoms with Gasteiger partial charge in [0, 0.05) is 5.92 Å². The largest absolute Gasteiger partial charge is 0.416 e. The van der Waals surface area contributed by atoms with Gasteiger partial charge in [-0.15, -0.1) is 11.8 Å². The molecule has 0 radical (unpaired) electrons. The molecule has 1 aliphatic carbocycles. The van der Waals surface area contributed by atoms with Crippen molar-refractivity contribution in [1.82, 2.24) is 14.8 Å². The first kappa shape index (κ1) is 20.5. The van der Waals surface area contributed by atoms with Gasteiger partial charge in [0.15, 0.2) is 0 Å². The molecule has 2 heterocycles. The van der Waals surface area contributed by atoms with Gasteiger partial charge in [-0.1, -0.05) is 13.0 Å². The van der Waals surface area contributed by atoms with E-state index in [1.165, 1.54) is 16.9 Å². The summed E-state index contributed by atoms with van der Waals surface area (Å²) in [5, 5.41) is 7.92. The van der Waals surface area contributed by atoms with Crippen molar-refractivity contribution in [3.63, 3.8) is 0 Å². The van der Waals surface area contributed by atoms with E-state index in [4.69, 9.17) is 0 Å². The number of thioether (sulfide) groups is 1. The molecule has 1 fully saturated rings. The highest BCUT2D eigenvalue weighted by atomic mass is 32.2. The second-order valence-corrected chi connectivity index (χ2v) is 8.23. The zero-order valence-corrected chi connectivity index (χ0v) is 16.9. The summed E-state index contributed by atoms with van der Waals surface area (Å²) in [5.74, 6) is 0.648. The Labute approximate surface area is 175 Å². The molecule has 5 nitrogen and oxygen atoms in total. The van der Waals surface area contributed by atoms with Crippen LogP contribution in [0.5, 0.6) is 0 Å². The lowest BCUT2D eigenvalue weighted by Crippen LogP contribution is -2.14. The summed E-state index contributed by atoms with van der Waals surface area (Å²) < 4.78 is 40.8. The molecule has 1 saturated carbocycles. The van der Waals surface area contributed by atoms with E-state index in [9.17, 15) is 18.0 Å². The molecule has 0 unspecified atom stereocenters. The first-order valence-corrected chi connectivity index (χ1v) is 10.5. The summed E-state index contributed by atoms with van der Waals surface area (Å²) in [6.45, 7) is 2.03. The van der Waals surface area contributed by atoms with E-state index in [1.807, 2.05) is 13.0 Å². The molecule has 3 aromatic rings. The van der Waals surface area contributed by atoms with Gasteiger partial charge in [-0.3, -0.25) is 4.79 Å². The van der Waals surface area contributed by atoms with Gasteiger partial charge in [-0.2, -0.15) is 18.3 Å². The molecule has 0 bridgehead atoms. The average molecular weight is 432 g/mol. The minimum atomic E-state index is -4.45. The topological polar surface area (TPSA) is 59.8 Å². The minimum absolute atomic E-state index is 0.101. The molecule has 156 valence electrons. The van der Waals surface area contributed by atoms with Crippen LogP contribution in [0.1, 0.15) is 47.3 Å². The first-order chi connectivity index (χ1) is 14.4. The fourth-order valence-corrected chi connectivity index (χ4v) is 3.78. The maximum atomic E-state index is 13.1. The van der Waals surface area contributed by atoms with Crippen LogP contribution < -0.4 is 5.32 Å². The third-order valence-corrected chi connectivity index (χ3v) is 5.55. The molecule has 9 heteroatoms. The number of alkyl halides is 3. The van der Waals surface area contributed by atoms with Crippen LogP contribution in [0.2, 0.25) is 0 Å². The Bertz CT molecular complexity index is 1060. The van der Waals surface area contributed by atoms with Gasteiger partial charge in [0.2, 0.25) is 0 Å². The van der Waals surface area contributed by atoms with E-state index < -0.39 is 11.7 Å². The molecule has 1 N–H and O–H groups in total. The number of halogens is 3. The van der Waals surface area contributed by atoms with Crippen LogP contribution in [0.3, 0.4) is 0 Å². The Hall–Kier alpha value is -2.81. The highest BCUT2D eigenvalue weighted by Gasteiger charge is 2.34. The van der Waals surface area contributed by atoms with E-state index in [0.29, 0.717) is 16.9 Å². The maximum Gasteiger partial charge on any atom is 0.416 e. The van der Waals surface area contributed by atoms with Gasteiger partial charge in [0.1, 0.15) is 0 Å². The standard InChI is InChI=1S/C21H19F3N4OS/c1-2-30-18-9-8-15(11-25-18)27-20(29)17-12-26-28(19(17)13-6-7-13)16-5-3-4-14(10-16)21(22,23)24/h3-5,8-13H,2,6-7H2,1H3,(H,27,29). The monoisotopic (exact) mass is 432 g/mol. The number of pyridine rings is 1. The number of hydrogen-bond donors (Lipinski definition) is 1. The van der Waals surface area contributed by atoms with Crippen molar-refractivity contribution in [3.8, 4) is 5.69 Å². The second kappa shape index (κ2) is 8.14. The Morgan fingerprint density at radius 3 is 2.67 bits per heavy atom. The highest BCUT2D eigenvalue weighted by Crippen LogP contribution is 2.43. The molecular weight excluding hydrogens is 413 g/mol. The molecule has 0 aliphatic heterocycles. The molecule has 4 rings (SSSR count). The van der Waals surface area contributed by atoms with Gasteiger partial charge < -0.3 is 5.32 Å². The Balaban J connectivity index is 1.62. The summed E-state index contributed by atoms with van der Waals surface area (Å²) in [7, 11) is 0. The van der Waals surface area contributed by atoms with Crippen molar-refractivity contribution in [2.75, 3.05) is 11.1 Å². The Morgan fingerprint density at radius 1 is 1.23 bits per heavy atom. The molecule has 1 amide bonds. The van der Waals surface area contributed by atoms with Gasteiger partial charge in [-0.25, -0.2) is 9.67 Å². The normalized spacial score (nSPS) is 14.0. The average Bonchev–Trinajstić information content (AvgIpc) is 3.46. The number of anilines is 1. The van der Waals surface area contributed by atoms with Crippen LogP contribution in [0.25, 0.3) is 5.69 Å². The van der Waals surface area contributed by atoms with Crippen LogP contribution in [0, 0.1) is 0 Å². The number of amides is 1. The van der Waals surface area contributed by atoms with Crippen molar-refractivity contribution in [2.24, 2.45) is 0 Å². The van der Waals surface area contributed by atoms with E-state index in [2.05, 4.69) is 15.4 Å². The van der Waals surface area contributed by atoms with Gasteiger partial charge in [-0.05, 0) is 48.9 Å². The summed E-state index contributed by atoms with van der Waals surface area (Å²) >= 11 is 1.60. The summed E-state index contributed by atoms with van der Waals surface area (Å²) in [5.41, 5.74) is 1.08. The maximum absolute atomic E-state index is 13.1. The van der Waals surface area contributed by atoms with Crippen molar-refractivity contribution in [2.45, 2.75) is 36.9 Å². The summed E-state index contributed by atoms with van der Waals surface area (Å²) in [6, 6.07) is 8.58. The fraction of sp³-hybridized carbons (Fsp3) is 0.286. The summed E-state index contributed by atoms with van der Waals surface area (Å²) in [4.78, 5) is 17.2. The first-order valence-electron chi connectivity index (χ1n) is 9.52. The smallest absolute Gasteiger partial charge is 0.320 e. The van der Waals surface area contributed by atoms with Crippen LogP contribution in [-0.2, 0) is 6.18 Å². The molecule has 0 spiro atoms. The molecule has 1 aromatic carbocycles. The molecule has 0 saturated heterocycles. The zero-order chi connectivity index (χ0) is 21.3. The van der Waals surface area contributed by atoms with E-state index in [1.54, 1.807) is 30.1 Å². The third-order valence-electron chi connectivity index (χ3n) is 4.72.